The van der Waals surface area contributed by atoms with E-state index >= 15 is 0 Å². The summed E-state index contributed by atoms with van der Waals surface area (Å²) in [7, 11) is 0. The van der Waals surface area contributed by atoms with E-state index in [4.69, 9.17) is 0 Å². The van der Waals surface area contributed by atoms with Crippen LogP contribution in [0.2, 0.25) is 0 Å². The van der Waals surface area contributed by atoms with Gasteiger partial charge in [-0.2, -0.15) is 0 Å². The molecule has 3 aromatic rings. The molecule has 1 aromatic heterocycles. The van der Waals surface area contributed by atoms with Crippen LogP contribution in [0.3, 0.4) is 0 Å². The maximum atomic E-state index is 12.4. The Bertz CT molecular complexity index is 888. The first-order valence-corrected chi connectivity index (χ1v) is 9.07. The number of aliphatic hydroxyl groups excluding tert-OH is 1. The van der Waals surface area contributed by atoms with Crippen LogP contribution in [-0.4, -0.2) is 32.6 Å². The summed E-state index contributed by atoms with van der Waals surface area (Å²) in [5, 5.41) is 21.0. The molecule has 0 radical (unpaired) electrons. The monoisotopic (exact) mass is 364 g/mol. The number of benzene rings is 2. The number of aryl methyl sites for hydroxylation is 1. The molecule has 2 aromatic carbocycles. The fourth-order valence-electron chi connectivity index (χ4n) is 2.84. The molecule has 0 bridgehead atoms. The molecule has 1 heterocycles. The molecule has 1 atom stereocenters. The number of carbonyl (C=O) groups excluding carboxylic acids is 1. The predicted octanol–water partition coefficient (Wildman–Crippen LogP) is 2.66. The molecule has 6 nitrogen and oxygen atoms in total. The summed E-state index contributed by atoms with van der Waals surface area (Å²) in [6, 6.07) is 17.6. The maximum absolute atomic E-state index is 12.4. The van der Waals surface area contributed by atoms with E-state index in [1.54, 1.807) is 4.68 Å². The Kier molecular flexibility index (Phi) is 5.98. The molecule has 0 fully saturated rings. The van der Waals surface area contributed by atoms with Crippen molar-refractivity contribution < 1.29 is 9.90 Å². The van der Waals surface area contributed by atoms with Crippen LogP contribution in [0.15, 0.2) is 54.6 Å². The van der Waals surface area contributed by atoms with Crippen molar-refractivity contribution in [1.82, 2.24) is 20.3 Å². The quantitative estimate of drug-likeness (QED) is 0.675. The molecule has 0 saturated heterocycles. The van der Waals surface area contributed by atoms with Crippen molar-refractivity contribution in [1.29, 1.82) is 0 Å². The van der Waals surface area contributed by atoms with E-state index in [2.05, 4.69) is 46.8 Å². The largest absolute Gasteiger partial charge is 0.387 e. The van der Waals surface area contributed by atoms with Gasteiger partial charge in [0.25, 0.3) is 5.91 Å². The second-order valence-corrected chi connectivity index (χ2v) is 6.49. The zero-order valence-corrected chi connectivity index (χ0v) is 15.6. The number of hydrogen-bond donors (Lipinski definition) is 2. The number of aromatic nitrogens is 3. The van der Waals surface area contributed by atoms with Gasteiger partial charge in [0.1, 0.15) is 0 Å². The Morgan fingerprint density at radius 2 is 1.78 bits per heavy atom. The van der Waals surface area contributed by atoms with Gasteiger partial charge < -0.3 is 10.4 Å². The van der Waals surface area contributed by atoms with Gasteiger partial charge in [-0.1, -0.05) is 66.7 Å². The molecule has 0 unspecified atom stereocenters. The molecular formula is C21H24N4O2. The number of rotatable bonds is 7. The first kappa shape index (κ1) is 18.8. The van der Waals surface area contributed by atoms with Crippen LogP contribution < -0.4 is 5.32 Å². The summed E-state index contributed by atoms with van der Waals surface area (Å²) in [5.41, 5.74) is 4.12. The van der Waals surface area contributed by atoms with Crippen molar-refractivity contribution in [3.8, 4) is 0 Å². The summed E-state index contributed by atoms with van der Waals surface area (Å²) in [4.78, 5) is 12.4. The summed E-state index contributed by atoms with van der Waals surface area (Å²) in [6.07, 6.45) is 0.240. The average molecular weight is 364 g/mol. The number of nitrogens with zero attached hydrogens (tertiary/aromatic N) is 3. The second-order valence-electron chi connectivity index (χ2n) is 6.49. The summed E-state index contributed by atoms with van der Waals surface area (Å²) in [5.74, 6) is -0.338. The van der Waals surface area contributed by atoms with Crippen LogP contribution in [0.5, 0.6) is 0 Å². The molecule has 140 valence electrons. The minimum atomic E-state index is -0.761. The third-order valence-corrected chi connectivity index (χ3v) is 4.60. The van der Waals surface area contributed by atoms with Gasteiger partial charge in [-0.15, -0.1) is 5.10 Å². The Morgan fingerprint density at radius 1 is 1.11 bits per heavy atom. The molecule has 0 aliphatic rings. The van der Waals surface area contributed by atoms with Crippen molar-refractivity contribution >= 4 is 5.91 Å². The Hall–Kier alpha value is -2.99. The molecule has 3 rings (SSSR count). The molecule has 6 heteroatoms. The number of hydrogen-bond acceptors (Lipinski definition) is 4. The predicted molar refractivity (Wildman–Crippen MR) is 103 cm³/mol. The average Bonchev–Trinajstić information content (AvgIpc) is 3.07. The van der Waals surface area contributed by atoms with Crippen molar-refractivity contribution in [2.45, 2.75) is 32.9 Å². The molecular weight excluding hydrogens is 340 g/mol. The van der Waals surface area contributed by atoms with Crippen LogP contribution in [0.4, 0.5) is 0 Å². The van der Waals surface area contributed by atoms with E-state index in [1.807, 2.05) is 37.3 Å². The van der Waals surface area contributed by atoms with Crippen LogP contribution in [-0.2, 0) is 13.0 Å². The second kappa shape index (κ2) is 8.60. The lowest BCUT2D eigenvalue weighted by molar-refractivity contribution is 0.0910. The van der Waals surface area contributed by atoms with Gasteiger partial charge in [0.2, 0.25) is 0 Å². The van der Waals surface area contributed by atoms with Gasteiger partial charge in [-0.3, -0.25) is 4.79 Å². The Morgan fingerprint density at radius 3 is 2.44 bits per heavy atom. The highest BCUT2D eigenvalue weighted by Crippen LogP contribution is 2.12. The van der Waals surface area contributed by atoms with Crippen molar-refractivity contribution in [2.24, 2.45) is 0 Å². The first-order valence-electron chi connectivity index (χ1n) is 9.07. The summed E-state index contributed by atoms with van der Waals surface area (Å²) in [6.45, 7) is 4.62. The standard InChI is InChI=1S/C21H24N4O2/c1-3-16-9-11-17(12-10-16)14-25-15(2)20(23-24-25)21(27)22-13-19(26)18-7-5-4-6-8-18/h4-12,19,26H,3,13-14H2,1-2H3,(H,22,27)/t19-/m0/s1. The highest BCUT2D eigenvalue weighted by atomic mass is 16.3. The van der Waals surface area contributed by atoms with E-state index < -0.39 is 6.10 Å². The topological polar surface area (TPSA) is 80.0 Å². The SMILES string of the molecule is CCc1ccc(Cn2nnc(C(=O)NC[C@H](O)c3ccccc3)c2C)cc1. The fraction of sp³-hybridized carbons (Fsp3) is 0.286. The minimum absolute atomic E-state index is 0.119. The van der Waals surface area contributed by atoms with Gasteiger partial charge in [0, 0.05) is 6.54 Å². The van der Waals surface area contributed by atoms with Crippen molar-refractivity contribution in [3.05, 3.63) is 82.7 Å². The van der Waals surface area contributed by atoms with Crippen LogP contribution in [0.1, 0.15) is 45.9 Å². The lowest BCUT2D eigenvalue weighted by Crippen LogP contribution is -2.29. The number of amides is 1. The third-order valence-electron chi connectivity index (χ3n) is 4.60. The first-order chi connectivity index (χ1) is 13.1. The molecule has 2 N–H and O–H groups in total. The molecule has 0 aliphatic carbocycles. The highest BCUT2D eigenvalue weighted by molar-refractivity contribution is 5.93. The Balaban J connectivity index is 1.62. The van der Waals surface area contributed by atoms with Crippen LogP contribution in [0, 0.1) is 6.92 Å². The molecule has 0 aliphatic heterocycles. The van der Waals surface area contributed by atoms with Crippen molar-refractivity contribution in [3.63, 3.8) is 0 Å². The van der Waals surface area contributed by atoms with E-state index in [1.165, 1.54) is 5.56 Å². The van der Waals surface area contributed by atoms with Gasteiger partial charge >= 0.3 is 0 Å². The number of nitrogens with one attached hydrogen (secondary N) is 1. The third kappa shape index (κ3) is 4.60. The van der Waals surface area contributed by atoms with Crippen LogP contribution >= 0.6 is 0 Å². The van der Waals surface area contributed by atoms with E-state index in [-0.39, 0.29) is 18.1 Å². The number of carbonyl (C=O) groups is 1. The number of aliphatic hydroxyl groups is 1. The van der Waals surface area contributed by atoms with E-state index in [0.717, 1.165) is 17.5 Å². The normalized spacial score (nSPS) is 12.0. The molecule has 1 amide bonds. The smallest absolute Gasteiger partial charge is 0.273 e. The van der Waals surface area contributed by atoms with Gasteiger partial charge in [-0.05, 0) is 30.0 Å². The highest BCUT2D eigenvalue weighted by Gasteiger charge is 2.18. The zero-order chi connectivity index (χ0) is 19.2. The zero-order valence-electron chi connectivity index (χ0n) is 15.6. The lowest BCUT2D eigenvalue weighted by Gasteiger charge is -2.11. The molecule has 0 saturated carbocycles. The molecule has 0 spiro atoms. The van der Waals surface area contributed by atoms with Gasteiger partial charge in [0.15, 0.2) is 5.69 Å². The molecule has 27 heavy (non-hydrogen) atoms. The Labute approximate surface area is 158 Å². The fourth-order valence-corrected chi connectivity index (χ4v) is 2.84. The van der Waals surface area contributed by atoms with Crippen molar-refractivity contribution in [2.75, 3.05) is 6.54 Å². The van der Waals surface area contributed by atoms with E-state index in [9.17, 15) is 9.90 Å². The summed E-state index contributed by atoms with van der Waals surface area (Å²) < 4.78 is 1.71. The van der Waals surface area contributed by atoms with Gasteiger partial charge in [-0.25, -0.2) is 4.68 Å². The minimum Gasteiger partial charge on any atom is -0.387 e. The summed E-state index contributed by atoms with van der Waals surface area (Å²) >= 11 is 0. The lowest BCUT2D eigenvalue weighted by atomic mass is 10.1. The van der Waals surface area contributed by atoms with Gasteiger partial charge in [0.05, 0.1) is 18.3 Å². The van der Waals surface area contributed by atoms with E-state index in [0.29, 0.717) is 12.2 Å². The van der Waals surface area contributed by atoms with Crippen LogP contribution in [0.25, 0.3) is 0 Å². The maximum Gasteiger partial charge on any atom is 0.273 e.